The second kappa shape index (κ2) is 6.52. The standard InChI is InChI=1S/C14H17N5O2S/c1-8-4-3-5-10(6-8)13-17-18-14(22)19(13)7-11(20)16-9(2)12(15)21/h3-6,9H,7H2,1-2H3,(H2,15,21)(H,16,20)(H,18,22)/t9-/m0/s1. The zero-order chi connectivity index (χ0) is 16.3. The largest absolute Gasteiger partial charge is 0.368 e. The van der Waals surface area contributed by atoms with Gasteiger partial charge in [0.1, 0.15) is 12.6 Å². The molecule has 1 atom stereocenters. The van der Waals surface area contributed by atoms with Crippen LogP contribution in [-0.4, -0.2) is 32.6 Å². The van der Waals surface area contributed by atoms with E-state index >= 15 is 0 Å². The Hall–Kier alpha value is -2.48. The van der Waals surface area contributed by atoms with Crippen molar-refractivity contribution in [1.29, 1.82) is 0 Å². The van der Waals surface area contributed by atoms with E-state index in [4.69, 9.17) is 18.0 Å². The fraction of sp³-hybridized carbons (Fsp3) is 0.286. The third-order valence-electron chi connectivity index (χ3n) is 3.14. The predicted molar refractivity (Wildman–Crippen MR) is 84.4 cm³/mol. The van der Waals surface area contributed by atoms with Gasteiger partial charge in [-0.3, -0.25) is 19.3 Å². The SMILES string of the molecule is Cc1cccc(-c2n[nH]c(=S)n2CC(=O)N[C@@H](C)C(N)=O)c1. The van der Waals surface area contributed by atoms with Gasteiger partial charge in [0.15, 0.2) is 10.6 Å². The van der Waals surface area contributed by atoms with Gasteiger partial charge in [-0.05, 0) is 32.1 Å². The topological polar surface area (TPSA) is 106 Å². The maximum Gasteiger partial charge on any atom is 0.240 e. The van der Waals surface area contributed by atoms with Gasteiger partial charge in [-0.15, -0.1) is 0 Å². The van der Waals surface area contributed by atoms with Crippen LogP contribution in [0.15, 0.2) is 24.3 Å². The second-order valence-electron chi connectivity index (χ2n) is 5.00. The Labute approximate surface area is 132 Å². The molecule has 0 radical (unpaired) electrons. The van der Waals surface area contributed by atoms with Crippen LogP contribution < -0.4 is 11.1 Å². The Morgan fingerprint density at radius 2 is 2.23 bits per heavy atom. The molecular weight excluding hydrogens is 302 g/mol. The highest BCUT2D eigenvalue weighted by atomic mass is 32.1. The lowest BCUT2D eigenvalue weighted by molar-refractivity contribution is -0.127. The Bertz CT molecular complexity index is 765. The first-order chi connectivity index (χ1) is 10.4. The monoisotopic (exact) mass is 319 g/mol. The molecule has 1 heterocycles. The summed E-state index contributed by atoms with van der Waals surface area (Å²) in [5, 5.41) is 9.36. The highest BCUT2D eigenvalue weighted by Crippen LogP contribution is 2.18. The lowest BCUT2D eigenvalue weighted by Gasteiger charge is -2.11. The van der Waals surface area contributed by atoms with Gasteiger partial charge in [0.2, 0.25) is 11.8 Å². The van der Waals surface area contributed by atoms with E-state index in [1.54, 1.807) is 4.57 Å². The van der Waals surface area contributed by atoms with Gasteiger partial charge in [0.05, 0.1) is 0 Å². The lowest BCUT2D eigenvalue weighted by Crippen LogP contribution is -2.43. The Morgan fingerprint density at radius 3 is 2.86 bits per heavy atom. The van der Waals surface area contributed by atoms with Crippen LogP contribution in [-0.2, 0) is 16.1 Å². The van der Waals surface area contributed by atoms with E-state index in [1.807, 2.05) is 31.2 Å². The van der Waals surface area contributed by atoms with Crippen LogP contribution in [0, 0.1) is 11.7 Å². The summed E-state index contributed by atoms with van der Waals surface area (Å²) in [4.78, 5) is 23.0. The first-order valence-corrected chi connectivity index (χ1v) is 7.10. The number of nitrogens with zero attached hydrogens (tertiary/aromatic N) is 2. The number of carbonyl (C=O) groups excluding carboxylic acids is 2. The number of amides is 2. The van der Waals surface area contributed by atoms with E-state index in [9.17, 15) is 9.59 Å². The summed E-state index contributed by atoms with van der Waals surface area (Å²) in [6, 6.07) is 6.97. The van der Waals surface area contributed by atoms with Crippen LogP contribution >= 0.6 is 12.2 Å². The Kier molecular flexibility index (Phi) is 4.71. The maximum absolute atomic E-state index is 12.0. The number of aromatic amines is 1. The lowest BCUT2D eigenvalue weighted by atomic mass is 10.1. The quantitative estimate of drug-likeness (QED) is 0.712. The van der Waals surface area contributed by atoms with E-state index in [1.165, 1.54) is 6.92 Å². The third-order valence-corrected chi connectivity index (χ3v) is 3.45. The summed E-state index contributed by atoms with van der Waals surface area (Å²) >= 11 is 5.16. The average Bonchev–Trinajstić information content (AvgIpc) is 2.80. The van der Waals surface area contributed by atoms with E-state index in [0.717, 1.165) is 11.1 Å². The highest BCUT2D eigenvalue weighted by molar-refractivity contribution is 7.71. The molecule has 0 aliphatic rings. The predicted octanol–water partition coefficient (Wildman–Crippen LogP) is 0.906. The molecule has 0 spiro atoms. The fourth-order valence-electron chi connectivity index (χ4n) is 1.97. The minimum Gasteiger partial charge on any atom is -0.368 e. The van der Waals surface area contributed by atoms with Gasteiger partial charge in [-0.25, -0.2) is 0 Å². The smallest absolute Gasteiger partial charge is 0.240 e. The number of benzene rings is 1. The van der Waals surface area contributed by atoms with Gasteiger partial charge in [-0.2, -0.15) is 5.10 Å². The van der Waals surface area contributed by atoms with Gasteiger partial charge < -0.3 is 11.1 Å². The molecule has 0 aliphatic carbocycles. The molecule has 0 unspecified atom stereocenters. The van der Waals surface area contributed by atoms with Crippen molar-refractivity contribution in [1.82, 2.24) is 20.1 Å². The summed E-state index contributed by atoms with van der Waals surface area (Å²) in [6.07, 6.45) is 0. The molecule has 8 heteroatoms. The minimum atomic E-state index is -0.740. The number of rotatable bonds is 5. The van der Waals surface area contributed by atoms with E-state index in [0.29, 0.717) is 10.6 Å². The molecule has 0 saturated carbocycles. The first-order valence-electron chi connectivity index (χ1n) is 6.69. The molecular formula is C14H17N5O2S. The van der Waals surface area contributed by atoms with Crippen molar-refractivity contribution in [3.8, 4) is 11.4 Å². The summed E-state index contributed by atoms with van der Waals surface area (Å²) in [5.41, 5.74) is 7.05. The molecule has 2 amide bonds. The fourth-order valence-corrected chi connectivity index (χ4v) is 2.17. The molecule has 0 saturated heterocycles. The number of hydrogen-bond acceptors (Lipinski definition) is 4. The third kappa shape index (κ3) is 3.59. The van der Waals surface area contributed by atoms with Crippen molar-refractivity contribution in [3.63, 3.8) is 0 Å². The molecule has 4 N–H and O–H groups in total. The summed E-state index contributed by atoms with van der Waals surface area (Å²) in [6.45, 7) is 3.45. The zero-order valence-corrected chi connectivity index (χ0v) is 13.1. The molecule has 1 aromatic carbocycles. The van der Waals surface area contributed by atoms with Crippen molar-refractivity contribution < 1.29 is 9.59 Å². The molecule has 7 nitrogen and oxygen atoms in total. The van der Waals surface area contributed by atoms with E-state index < -0.39 is 11.9 Å². The molecule has 0 aliphatic heterocycles. The molecule has 116 valence electrons. The zero-order valence-electron chi connectivity index (χ0n) is 12.3. The van der Waals surface area contributed by atoms with Crippen molar-refractivity contribution in [3.05, 3.63) is 34.6 Å². The normalized spacial score (nSPS) is 11.9. The number of nitrogens with two attached hydrogens (primary N) is 1. The Morgan fingerprint density at radius 1 is 1.50 bits per heavy atom. The number of aromatic nitrogens is 3. The van der Waals surface area contributed by atoms with Gasteiger partial charge in [-0.1, -0.05) is 23.8 Å². The van der Waals surface area contributed by atoms with Crippen LogP contribution in [0.5, 0.6) is 0 Å². The highest BCUT2D eigenvalue weighted by Gasteiger charge is 2.16. The van der Waals surface area contributed by atoms with Crippen molar-refractivity contribution in [2.24, 2.45) is 5.73 Å². The minimum absolute atomic E-state index is 0.0454. The average molecular weight is 319 g/mol. The molecule has 1 aromatic heterocycles. The molecule has 22 heavy (non-hydrogen) atoms. The summed E-state index contributed by atoms with van der Waals surface area (Å²) in [5.74, 6) is -0.392. The maximum atomic E-state index is 12.0. The van der Waals surface area contributed by atoms with E-state index in [2.05, 4.69) is 15.5 Å². The van der Waals surface area contributed by atoms with Crippen LogP contribution in [0.2, 0.25) is 0 Å². The van der Waals surface area contributed by atoms with Crippen molar-refractivity contribution >= 4 is 24.0 Å². The second-order valence-corrected chi connectivity index (χ2v) is 5.39. The molecule has 0 bridgehead atoms. The van der Waals surface area contributed by atoms with Gasteiger partial charge >= 0.3 is 0 Å². The van der Waals surface area contributed by atoms with Crippen LogP contribution in [0.4, 0.5) is 0 Å². The van der Waals surface area contributed by atoms with Crippen molar-refractivity contribution in [2.75, 3.05) is 0 Å². The summed E-state index contributed by atoms with van der Waals surface area (Å²) < 4.78 is 1.91. The molecule has 2 rings (SSSR count). The van der Waals surface area contributed by atoms with Crippen LogP contribution in [0.1, 0.15) is 12.5 Å². The van der Waals surface area contributed by atoms with E-state index in [-0.39, 0.29) is 12.5 Å². The number of nitrogens with one attached hydrogen (secondary N) is 2. The Balaban J connectivity index is 2.25. The molecule has 0 fully saturated rings. The number of primary amides is 1. The number of hydrogen-bond donors (Lipinski definition) is 3. The van der Waals surface area contributed by atoms with Gasteiger partial charge in [0, 0.05) is 5.56 Å². The number of H-pyrrole nitrogens is 1. The first kappa shape index (κ1) is 15.9. The van der Waals surface area contributed by atoms with Crippen molar-refractivity contribution in [2.45, 2.75) is 26.4 Å². The van der Waals surface area contributed by atoms with Crippen LogP contribution in [0.25, 0.3) is 11.4 Å². The number of aryl methyl sites for hydroxylation is 1. The summed E-state index contributed by atoms with van der Waals surface area (Å²) in [7, 11) is 0. The molecule has 2 aromatic rings. The number of carbonyl (C=O) groups is 2. The van der Waals surface area contributed by atoms with Gasteiger partial charge in [0.25, 0.3) is 0 Å². The van der Waals surface area contributed by atoms with Crippen LogP contribution in [0.3, 0.4) is 0 Å².